The maximum absolute atomic E-state index is 12.0. The van der Waals surface area contributed by atoms with Crippen LogP contribution in [0.5, 0.6) is 0 Å². The summed E-state index contributed by atoms with van der Waals surface area (Å²) in [5, 5.41) is 8.54. The van der Waals surface area contributed by atoms with Gasteiger partial charge in [-0.25, -0.2) is 10.7 Å². The van der Waals surface area contributed by atoms with E-state index in [0.717, 1.165) is 5.56 Å². The molecule has 1 amide bonds. The molecule has 21 heavy (non-hydrogen) atoms. The lowest BCUT2D eigenvalue weighted by atomic mass is 9.98. The van der Waals surface area contributed by atoms with Crippen molar-refractivity contribution in [3.63, 3.8) is 0 Å². The summed E-state index contributed by atoms with van der Waals surface area (Å²) in [6, 6.07) is 13.2. The van der Waals surface area contributed by atoms with Crippen LogP contribution >= 0.6 is 0 Å². The van der Waals surface area contributed by atoms with Crippen LogP contribution in [0.1, 0.15) is 28.9 Å². The summed E-state index contributed by atoms with van der Waals surface area (Å²) in [5.41, 5.74) is 7.25. The van der Waals surface area contributed by atoms with Crippen molar-refractivity contribution in [2.75, 3.05) is 0 Å². The van der Waals surface area contributed by atoms with E-state index in [1.54, 1.807) is 29.0 Å². The van der Waals surface area contributed by atoms with Crippen LogP contribution in [0, 0.1) is 11.2 Å². The molecular weight excluding hydrogens is 263 g/mol. The van der Waals surface area contributed by atoms with Gasteiger partial charge in [-0.1, -0.05) is 30.3 Å². The number of nitriles is 1. The molecular formula is C15H15BN4O+. The molecule has 6 heteroatoms. The van der Waals surface area contributed by atoms with E-state index in [1.807, 2.05) is 43.2 Å². The van der Waals surface area contributed by atoms with E-state index in [9.17, 15) is 4.79 Å². The van der Waals surface area contributed by atoms with Gasteiger partial charge in [0.15, 0.2) is 0 Å². The average Bonchev–Trinajstić information content (AvgIpc) is 2.54. The first-order chi connectivity index (χ1) is 10.2. The lowest BCUT2D eigenvalue weighted by Crippen LogP contribution is -2.41. The summed E-state index contributed by atoms with van der Waals surface area (Å²) >= 11 is 0. The van der Waals surface area contributed by atoms with Crippen molar-refractivity contribution >= 4 is 13.3 Å². The fraction of sp³-hybridized carbons (Fsp3) is 0.133. The second-order valence-corrected chi connectivity index (χ2v) is 4.52. The molecule has 1 heterocycles. The van der Waals surface area contributed by atoms with Crippen LogP contribution in [0.2, 0.25) is 0 Å². The minimum atomic E-state index is -0.220. The van der Waals surface area contributed by atoms with Crippen molar-refractivity contribution in [1.82, 2.24) is 10.9 Å². The van der Waals surface area contributed by atoms with Crippen LogP contribution in [-0.4, -0.2) is 13.3 Å². The van der Waals surface area contributed by atoms with Gasteiger partial charge in [-0.2, -0.15) is 0 Å². The Morgan fingerprint density at radius 1 is 1.24 bits per heavy atom. The minimum Gasteiger partial charge on any atom is -0.287 e. The summed E-state index contributed by atoms with van der Waals surface area (Å²) in [7, 11) is 1.34. The summed E-state index contributed by atoms with van der Waals surface area (Å²) in [4.78, 5) is 12.0. The second kappa shape index (κ2) is 7.22. The monoisotopic (exact) mass is 278 g/mol. The Morgan fingerprint density at radius 2 is 1.90 bits per heavy atom. The number of carbonyl (C=O) groups excluding carboxylic acids is 1. The Hall–Kier alpha value is -2.65. The number of aromatic nitrogens is 1. The number of amides is 1. The van der Waals surface area contributed by atoms with Crippen LogP contribution in [-0.2, 0) is 0 Å². The van der Waals surface area contributed by atoms with E-state index in [2.05, 4.69) is 10.9 Å². The van der Waals surface area contributed by atoms with Crippen LogP contribution in [0.4, 0.5) is 0 Å². The molecule has 2 aromatic rings. The number of pyridine rings is 1. The first-order valence-electron chi connectivity index (χ1n) is 6.55. The third-order valence-electron chi connectivity index (χ3n) is 3.02. The molecule has 0 saturated heterocycles. The smallest absolute Gasteiger partial charge is 0.287 e. The normalized spacial score (nSPS) is 11.2. The van der Waals surface area contributed by atoms with Crippen molar-refractivity contribution in [2.45, 2.75) is 13.0 Å². The van der Waals surface area contributed by atoms with Crippen LogP contribution in [0.3, 0.4) is 0 Å². The molecule has 0 bridgehead atoms. The molecule has 0 aliphatic rings. The lowest BCUT2D eigenvalue weighted by molar-refractivity contribution is -0.527. The quantitative estimate of drug-likeness (QED) is 0.631. The highest BCUT2D eigenvalue weighted by atomic mass is 16.2. The number of nitrogens with one attached hydrogen (secondary N) is 2. The van der Waals surface area contributed by atoms with Crippen molar-refractivity contribution in [2.24, 2.45) is 0 Å². The number of hydrogen-bond acceptors (Lipinski definition) is 3. The number of carbonyl (C=O) groups is 1. The Bertz CT molecular complexity index is 637. The SMILES string of the molecule is CC(NNC(=O)c1cc[n+]([B]C#N)cc1)c1ccccc1. The van der Waals surface area contributed by atoms with Crippen LogP contribution in [0.25, 0.3) is 0 Å². The van der Waals surface area contributed by atoms with Gasteiger partial charge in [-0.15, -0.1) is 0 Å². The molecule has 5 nitrogen and oxygen atoms in total. The second-order valence-electron chi connectivity index (χ2n) is 4.52. The largest absolute Gasteiger partial charge is 0.671 e. The topological polar surface area (TPSA) is 68.8 Å². The third kappa shape index (κ3) is 4.16. The molecule has 1 unspecified atom stereocenters. The Kier molecular flexibility index (Phi) is 5.07. The van der Waals surface area contributed by atoms with E-state index in [4.69, 9.17) is 5.26 Å². The molecule has 1 atom stereocenters. The molecule has 1 aromatic heterocycles. The maximum atomic E-state index is 12.0. The van der Waals surface area contributed by atoms with Gasteiger partial charge in [-0.3, -0.25) is 14.7 Å². The number of hydrazine groups is 1. The van der Waals surface area contributed by atoms with Gasteiger partial charge in [0.05, 0.1) is 5.56 Å². The van der Waals surface area contributed by atoms with Crippen molar-refractivity contribution < 1.29 is 9.27 Å². The van der Waals surface area contributed by atoms with Crippen molar-refractivity contribution in [3.8, 4) is 5.97 Å². The number of benzene rings is 1. The number of rotatable bonds is 5. The van der Waals surface area contributed by atoms with E-state index in [-0.39, 0.29) is 11.9 Å². The molecule has 0 saturated carbocycles. The Morgan fingerprint density at radius 3 is 2.52 bits per heavy atom. The van der Waals surface area contributed by atoms with E-state index < -0.39 is 0 Å². The summed E-state index contributed by atoms with van der Waals surface area (Å²) in [5.74, 6) is 1.70. The van der Waals surface area contributed by atoms with Crippen molar-refractivity contribution in [3.05, 3.63) is 66.0 Å². The first-order valence-corrected chi connectivity index (χ1v) is 6.55. The fourth-order valence-electron chi connectivity index (χ4n) is 1.81. The molecule has 0 aliphatic heterocycles. The van der Waals surface area contributed by atoms with Gasteiger partial charge in [0.25, 0.3) is 5.91 Å². The van der Waals surface area contributed by atoms with Gasteiger partial charge >= 0.3 is 7.41 Å². The molecule has 0 aliphatic carbocycles. The zero-order chi connectivity index (χ0) is 15.1. The predicted molar refractivity (Wildman–Crippen MR) is 78.9 cm³/mol. The maximum Gasteiger partial charge on any atom is 0.671 e. The molecule has 1 radical (unpaired) electrons. The third-order valence-corrected chi connectivity index (χ3v) is 3.02. The zero-order valence-electron chi connectivity index (χ0n) is 11.7. The minimum absolute atomic E-state index is 0.00993. The number of hydrogen-bond donors (Lipinski definition) is 2. The molecule has 2 N–H and O–H groups in total. The highest BCUT2D eigenvalue weighted by Gasteiger charge is 2.11. The molecule has 0 fully saturated rings. The molecule has 2 rings (SSSR count). The van der Waals surface area contributed by atoms with Gasteiger partial charge in [0.1, 0.15) is 18.4 Å². The summed E-state index contributed by atoms with van der Waals surface area (Å²) < 4.78 is 1.58. The highest BCUT2D eigenvalue weighted by Crippen LogP contribution is 2.09. The van der Waals surface area contributed by atoms with Crippen LogP contribution in [0.15, 0.2) is 54.9 Å². The lowest BCUT2D eigenvalue weighted by Gasteiger charge is -2.14. The fourth-order valence-corrected chi connectivity index (χ4v) is 1.81. The molecule has 0 spiro atoms. The van der Waals surface area contributed by atoms with E-state index in [0.29, 0.717) is 5.56 Å². The molecule has 103 valence electrons. The molecule has 1 aromatic carbocycles. The summed E-state index contributed by atoms with van der Waals surface area (Å²) in [6.07, 6.45) is 3.30. The number of nitrogens with zero attached hydrogens (tertiary/aromatic N) is 2. The highest BCUT2D eigenvalue weighted by molar-refractivity contribution is 6.35. The Balaban J connectivity index is 1.91. The van der Waals surface area contributed by atoms with E-state index >= 15 is 0 Å². The predicted octanol–water partition coefficient (Wildman–Crippen LogP) is 0.918. The standard InChI is InChI=1S/C15H15BN4O/c1-12(13-5-3-2-4-6-13)18-19-15(21)14-7-9-20(10-8-14)16-11-17/h2-10,12,18H,1H3,(H,19,21)/q+1. The van der Waals surface area contributed by atoms with Gasteiger partial charge < -0.3 is 0 Å². The van der Waals surface area contributed by atoms with Crippen LogP contribution < -0.4 is 15.3 Å². The van der Waals surface area contributed by atoms with Gasteiger partial charge in [0, 0.05) is 18.2 Å². The van der Waals surface area contributed by atoms with E-state index in [1.165, 1.54) is 7.41 Å². The summed E-state index contributed by atoms with van der Waals surface area (Å²) in [6.45, 7) is 1.97. The van der Waals surface area contributed by atoms with Crippen molar-refractivity contribution in [1.29, 1.82) is 5.26 Å². The van der Waals surface area contributed by atoms with Gasteiger partial charge in [0.2, 0.25) is 0 Å². The average molecular weight is 278 g/mol. The Labute approximate surface area is 124 Å². The first kappa shape index (κ1) is 14.8. The zero-order valence-corrected chi connectivity index (χ0v) is 11.7. The van der Waals surface area contributed by atoms with Gasteiger partial charge in [-0.05, 0) is 12.5 Å².